The first kappa shape index (κ1) is 13.1. The lowest BCUT2D eigenvalue weighted by molar-refractivity contribution is -0.141. The molecule has 0 spiro atoms. The summed E-state index contributed by atoms with van der Waals surface area (Å²) in [6.07, 6.45) is 1.90. The summed E-state index contributed by atoms with van der Waals surface area (Å²) in [5.74, 6) is 0.181. The van der Waals surface area contributed by atoms with E-state index in [0.29, 0.717) is 17.9 Å². The summed E-state index contributed by atoms with van der Waals surface area (Å²) < 4.78 is 24.2. The molecular weight excluding hydrogens is 283 g/mol. The molecule has 0 amide bonds. The van der Waals surface area contributed by atoms with Crippen LogP contribution in [0.15, 0.2) is 54.6 Å². The molecule has 0 unspecified atom stereocenters. The molecule has 0 N–H and O–H groups in total. The van der Waals surface area contributed by atoms with Crippen LogP contribution in [0.2, 0.25) is 0 Å². The minimum Gasteiger partial charge on any atom is -0.493 e. The Morgan fingerprint density at radius 1 is 1.05 bits per heavy atom. The van der Waals surface area contributed by atoms with Gasteiger partial charge in [0.25, 0.3) is 0 Å². The van der Waals surface area contributed by atoms with Crippen LogP contribution in [0.3, 0.4) is 0 Å². The predicted molar refractivity (Wildman–Crippen MR) is 78.6 cm³/mol. The van der Waals surface area contributed by atoms with Gasteiger partial charge < -0.3 is 9.47 Å². The second-order valence-corrected chi connectivity index (χ2v) is 5.45. The topological polar surface area (TPSA) is 35.5 Å². The molecule has 0 aliphatic carbocycles. The molecule has 0 saturated heterocycles. The molecule has 110 valence electrons. The molecule has 2 aromatic rings. The van der Waals surface area contributed by atoms with Crippen molar-refractivity contribution in [3.05, 3.63) is 71.6 Å². The summed E-state index contributed by atoms with van der Waals surface area (Å²) in [7, 11) is 0. The van der Waals surface area contributed by atoms with Crippen molar-refractivity contribution < 1.29 is 18.7 Å². The molecular formula is C18H13FO3. The number of cyclic esters (lactones) is 1. The summed E-state index contributed by atoms with van der Waals surface area (Å²) in [6.45, 7) is 0.432. The lowest BCUT2D eigenvalue weighted by atomic mass is 9.82. The van der Waals surface area contributed by atoms with Gasteiger partial charge in [0.15, 0.2) is 0 Å². The summed E-state index contributed by atoms with van der Waals surface area (Å²) >= 11 is 0. The number of carbonyl (C=O) groups excluding carboxylic acids is 1. The number of benzene rings is 2. The largest absolute Gasteiger partial charge is 0.493 e. The van der Waals surface area contributed by atoms with Gasteiger partial charge in [-0.25, -0.2) is 4.39 Å². The SMILES string of the molecule is O=C1OC(c2ccc(F)cc2)=C[C@H]2COc3ccccc3[C@@H]12. The van der Waals surface area contributed by atoms with Crippen LogP contribution in [-0.2, 0) is 9.53 Å². The zero-order valence-corrected chi connectivity index (χ0v) is 11.7. The third-order valence-corrected chi connectivity index (χ3v) is 4.07. The standard InChI is InChI=1S/C18H13FO3/c19-13-7-5-11(6-8-13)16-9-12-10-21-15-4-2-1-3-14(15)17(12)18(20)22-16/h1-9,12,17H,10H2/t12-,17-/m0/s1. The molecule has 0 saturated carbocycles. The Hall–Kier alpha value is -2.62. The zero-order chi connectivity index (χ0) is 15.1. The third-order valence-electron chi connectivity index (χ3n) is 4.07. The summed E-state index contributed by atoms with van der Waals surface area (Å²) in [5, 5.41) is 0. The Balaban J connectivity index is 1.73. The Labute approximate surface area is 127 Å². The van der Waals surface area contributed by atoms with Gasteiger partial charge in [-0.05, 0) is 36.4 Å². The van der Waals surface area contributed by atoms with Gasteiger partial charge in [0.1, 0.15) is 17.3 Å². The molecule has 4 heteroatoms. The number of esters is 1. The smallest absolute Gasteiger partial charge is 0.319 e. The number of para-hydroxylation sites is 1. The van der Waals surface area contributed by atoms with Crippen molar-refractivity contribution in [1.29, 1.82) is 0 Å². The van der Waals surface area contributed by atoms with Crippen LogP contribution in [0.5, 0.6) is 5.75 Å². The van der Waals surface area contributed by atoms with Crippen LogP contribution < -0.4 is 4.74 Å². The van der Waals surface area contributed by atoms with Crippen LogP contribution >= 0.6 is 0 Å². The van der Waals surface area contributed by atoms with Gasteiger partial charge in [-0.2, -0.15) is 0 Å². The number of hydrogen-bond acceptors (Lipinski definition) is 3. The van der Waals surface area contributed by atoms with E-state index in [4.69, 9.17) is 9.47 Å². The number of ether oxygens (including phenoxy) is 2. The van der Waals surface area contributed by atoms with Gasteiger partial charge >= 0.3 is 5.97 Å². The Kier molecular flexibility index (Phi) is 2.96. The average molecular weight is 296 g/mol. The van der Waals surface area contributed by atoms with Crippen molar-refractivity contribution in [3.63, 3.8) is 0 Å². The normalized spacial score (nSPS) is 22.8. The molecule has 2 aliphatic heterocycles. The molecule has 4 rings (SSSR count). The fraction of sp³-hybridized carbons (Fsp3) is 0.167. The molecule has 0 radical (unpaired) electrons. The van der Waals surface area contributed by atoms with E-state index in [2.05, 4.69) is 0 Å². The molecule has 0 bridgehead atoms. The fourth-order valence-corrected chi connectivity index (χ4v) is 3.00. The summed E-state index contributed by atoms with van der Waals surface area (Å²) in [5.41, 5.74) is 1.55. The highest BCUT2D eigenvalue weighted by Gasteiger charge is 2.40. The van der Waals surface area contributed by atoms with Gasteiger partial charge in [-0.3, -0.25) is 4.79 Å². The fourth-order valence-electron chi connectivity index (χ4n) is 3.00. The molecule has 0 aromatic heterocycles. The summed E-state index contributed by atoms with van der Waals surface area (Å²) in [6, 6.07) is 13.4. The van der Waals surface area contributed by atoms with E-state index in [-0.39, 0.29) is 23.6 Å². The first-order valence-corrected chi connectivity index (χ1v) is 7.13. The second-order valence-electron chi connectivity index (χ2n) is 5.45. The van der Waals surface area contributed by atoms with Gasteiger partial charge in [0.05, 0.1) is 12.5 Å². The van der Waals surface area contributed by atoms with Gasteiger partial charge in [-0.1, -0.05) is 18.2 Å². The van der Waals surface area contributed by atoms with Crippen LogP contribution in [0.25, 0.3) is 5.76 Å². The zero-order valence-electron chi connectivity index (χ0n) is 11.7. The first-order valence-electron chi connectivity index (χ1n) is 7.13. The van der Waals surface area contributed by atoms with E-state index in [1.54, 1.807) is 12.1 Å². The molecule has 22 heavy (non-hydrogen) atoms. The highest BCUT2D eigenvalue weighted by molar-refractivity contribution is 5.88. The maximum Gasteiger partial charge on any atom is 0.319 e. The van der Waals surface area contributed by atoms with Crippen molar-refractivity contribution in [3.8, 4) is 5.75 Å². The van der Waals surface area contributed by atoms with E-state index >= 15 is 0 Å². The Bertz CT molecular complexity index is 764. The van der Waals surface area contributed by atoms with Gasteiger partial charge in [0.2, 0.25) is 0 Å². The summed E-state index contributed by atoms with van der Waals surface area (Å²) in [4.78, 5) is 12.4. The molecule has 3 nitrogen and oxygen atoms in total. The van der Waals surface area contributed by atoms with Crippen molar-refractivity contribution in [2.75, 3.05) is 6.61 Å². The van der Waals surface area contributed by atoms with E-state index in [1.807, 2.05) is 30.3 Å². The average Bonchev–Trinajstić information content (AvgIpc) is 2.55. The number of rotatable bonds is 1. The first-order chi connectivity index (χ1) is 10.7. The lowest BCUT2D eigenvalue weighted by Crippen LogP contribution is -2.34. The minimum atomic E-state index is -0.339. The van der Waals surface area contributed by atoms with Gasteiger partial charge in [0, 0.05) is 17.0 Å². The number of hydrogen-bond donors (Lipinski definition) is 0. The highest BCUT2D eigenvalue weighted by atomic mass is 19.1. The van der Waals surface area contributed by atoms with E-state index in [9.17, 15) is 9.18 Å². The van der Waals surface area contributed by atoms with Crippen molar-refractivity contribution in [2.45, 2.75) is 5.92 Å². The quantitative estimate of drug-likeness (QED) is 0.755. The lowest BCUT2D eigenvalue weighted by Gasteiger charge is -2.34. The van der Waals surface area contributed by atoms with Crippen molar-refractivity contribution >= 4 is 11.7 Å². The maximum atomic E-state index is 13.0. The molecule has 0 fully saturated rings. The van der Waals surface area contributed by atoms with Gasteiger partial charge in [-0.15, -0.1) is 0 Å². The van der Waals surface area contributed by atoms with E-state index < -0.39 is 0 Å². The van der Waals surface area contributed by atoms with Crippen LogP contribution in [0, 0.1) is 11.7 Å². The van der Waals surface area contributed by atoms with Crippen LogP contribution in [0.4, 0.5) is 4.39 Å². The monoisotopic (exact) mass is 296 g/mol. The number of halogens is 1. The predicted octanol–water partition coefficient (Wildman–Crippen LogP) is 3.52. The van der Waals surface area contributed by atoms with E-state index in [0.717, 1.165) is 11.3 Å². The van der Waals surface area contributed by atoms with E-state index in [1.165, 1.54) is 12.1 Å². The third kappa shape index (κ3) is 2.08. The second kappa shape index (κ2) is 4.98. The number of carbonyl (C=O) groups is 1. The Morgan fingerprint density at radius 2 is 1.82 bits per heavy atom. The van der Waals surface area contributed by atoms with Crippen molar-refractivity contribution in [2.24, 2.45) is 5.92 Å². The van der Waals surface area contributed by atoms with Crippen LogP contribution in [0.1, 0.15) is 17.0 Å². The number of fused-ring (bicyclic) bond motifs is 3. The van der Waals surface area contributed by atoms with Crippen molar-refractivity contribution in [1.82, 2.24) is 0 Å². The molecule has 2 atom stereocenters. The molecule has 2 aromatic carbocycles. The highest BCUT2D eigenvalue weighted by Crippen LogP contribution is 2.42. The Morgan fingerprint density at radius 3 is 2.64 bits per heavy atom. The van der Waals surface area contributed by atoms with Crippen LogP contribution in [-0.4, -0.2) is 12.6 Å². The maximum absolute atomic E-state index is 13.0. The minimum absolute atomic E-state index is 0.0730. The molecule has 2 aliphatic rings. The molecule has 2 heterocycles.